The molecular weight excluding hydrogens is 259 g/mol. The number of rotatable bonds is 3. The zero-order valence-corrected chi connectivity index (χ0v) is 12.6. The quantitative estimate of drug-likeness (QED) is 0.279. The first-order valence-electron chi connectivity index (χ1n) is 4.48. The Morgan fingerprint density at radius 1 is 1.41 bits per heavy atom. The van der Waals surface area contributed by atoms with Crippen LogP contribution in [0, 0.1) is 6.92 Å². The first kappa shape index (κ1) is 16.8. The number of azide groups is 1. The van der Waals surface area contributed by atoms with Gasteiger partial charge in [-0.15, -0.1) is 0 Å². The first-order chi connectivity index (χ1) is 7.33. The molecule has 0 spiro atoms. The van der Waals surface area contributed by atoms with Crippen LogP contribution in [-0.4, -0.2) is 6.98 Å². The third-order valence-corrected chi connectivity index (χ3v) is 2.15. The third kappa shape index (κ3) is 5.33. The van der Waals surface area contributed by atoms with Gasteiger partial charge in [-0.2, -0.15) is 0 Å². The summed E-state index contributed by atoms with van der Waals surface area (Å²) in [5.41, 5.74) is 14.4. The SMILES string of the molecule is Cc1c(N)cc(N=[N+]=[N-])cc1C[B-](F)(F)F.[K+]. The van der Waals surface area contributed by atoms with E-state index in [4.69, 9.17) is 11.3 Å². The van der Waals surface area contributed by atoms with Gasteiger partial charge in [0.05, 0.1) is 0 Å². The number of benzene rings is 1. The van der Waals surface area contributed by atoms with Gasteiger partial charge in [-0.3, -0.25) is 0 Å². The molecular formula is C8H9BF3KN4. The van der Waals surface area contributed by atoms with Crippen molar-refractivity contribution in [3.8, 4) is 0 Å². The van der Waals surface area contributed by atoms with Gasteiger partial charge in [0.1, 0.15) is 0 Å². The van der Waals surface area contributed by atoms with Crippen LogP contribution in [0.3, 0.4) is 0 Å². The second-order valence-electron chi connectivity index (χ2n) is 3.42. The van der Waals surface area contributed by atoms with Crippen LogP contribution < -0.4 is 57.1 Å². The van der Waals surface area contributed by atoms with E-state index in [1.807, 2.05) is 0 Å². The van der Waals surface area contributed by atoms with Crippen molar-refractivity contribution in [2.24, 2.45) is 5.11 Å². The van der Waals surface area contributed by atoms with Crippen LogP contribution >= 0.6 is 0 Å². The van der Waals surface area contributed by atoms with E-state index in [2.05, 4.69) is 10.0 Å². The fourth-order valence-electron chi connectivity index (χ4n) is 1.35. The molecule has 0 saturated carbocycles. The summed E-state index contributed by atoms with van der Waals surface area (Å²) in [6.07, 6.45) is -1.02. The Bertz CT molecular complexity index is 457. The van der Waals surface area contributed by atoms with Crippen LogP contribution in [0.15, 0.2) is 17.2 Å². The summed E-state index contributed by atoms with van der Waals surface area (Å²) >= 11 is 0. The molecule has 1 aromatic rings. The molecule has 1 aromatic carbocycles. The molecule has 0 radical (unpaired) electrons. The molecule has 0 heterocycles. The van der Waals surface area contributed by atoms with E-state index in [1.165, 1.54) is 19.1 Å². The average Bonchev–Trinajstić information content (AvgIpc) is 2.11. The smallest absolute Gasteiger partial charge is 0.449 e. The van der Waals surface area contributed by atoms with Crippen LogP contribution in [0.1, 0.15) is 11.1 Å². The van der Waals surface area contributed by atoms with Crippen molar-refractivity contribution in [3.63, 3.8) is 0 Å². The Morgan fingerprint density at radius 2 is 2.00 bits per heavy atom. The van der Waals surface area contributed by atoms with Gasteiger partial charge in [-0.05, 0) is 24.1 Å². The number of hydrogen-bond donors (Lipinski definition) is 1. The molecule has 0 aromatic heterocycles. The van der Waals surface area contributed by atoms with E-state index in [-0.39, 0.29) is 68.3 Å². The second kappa shape index (κ2) is 6.67. The molecule has 4 nitrogen and oxygen atoms in total. The molecule has 86 valence electrons. The molecule has 0 aliphatic heterocycles. The first-order valence-corrected chi connectivity index (χ1v) is 4.48. The average molecular weight is 268 g/mol. The topological polar surface area (TPSA) is 74.8 Å². The van der Waals surface area contributed by atoms with Crippen molar-refractivity contribution in [1.29, 1.82) is 0 Å². The number of nitrogens with zero attached hydrogens (tertiary/aromatic N) is 3. The van der Waals surface area contributed by atoms with Gasteiger partial charge >= 0.3 is 58.4 Å². The predicted molar refractivity (Wildman–Crippen MR) is 57.2 cm³/mol. The van der Waals surface area contributed by atoms with Crippen molar-refractivity contribution in [1.82, 2.24) is 0 Å². The maximum absolute atomic E-state index is 12.3. The Balaban J connectivity index is 0.00000256. The molecule has 17 heavy (non-hydrogen) atoms. The molecule has 0 amide bonds. The summed E-state index contributed by atoms with van der Waals surface area (Å²) < 4.78 is 36.9. The molecule has 0 unspecified atom stereocenters. The predicted octanol–water partition coefficient (Wildman–Crippen LogP) is 0.452. The van der Waals surface area contributed by atoms with Crippen LogP contribution in [0.25, 0.3) is 10.4 Å². The number of hydrogen-bond acceptors (Lipinski definition) is 2. The molecule has 9 heteroatoms. The van der Waals surface area contributed by atoms with Gasteiger partial charge in [0.15, 0.2) is 0 Å². The van der Waals surface area contributed by atoms with Gasteiger partial charge in [0, 0.05) is 16.3 Å². The van der Waals surface area contributed by atoms with Crippen LogP contribution in [-0.2, 0) is 6.32 Å². The molecule has 2 N–H and O–H groups in total. The summed E-state index contributed by atoms with van der Waals surface area (Å²) in [5.74, 6) is 0. The summed E-state index contributed by atoms with van der Waals surface area (Å²) in [4.78, 5) is 2.51. The second-order valence-corrected chi connectivity index (χ2v) is 3.42. The molecule has 1 rings (SSSR count). The monoisotopic (exact) mass is 268 g/mol. The van der Waals surface area contributed by atoms with Gasteiger partial charge < -0.3 is 18.7 Å². The Morgan fingerprint density at radius 3 is 2.47 bits per heavy atom. The molecule has 0 saturated heterocycles. The fourth-order valence-corrected chi connectivity index (χ4v) is 1.35. The van der Waals surface area contributed by atoms with Gasteiger partial charge in [-0.25, -0.2) is 0 Å². The third-order valence-electron chi connectivity index (χ3n) is 2.15. The minimum absolute atomic E-state index is 0. The Labute approximate surface area is 139 Å². The summed E-state index contributed by atoms with van der Waals surface area (Å²) in [5, 5.41) is 3.24. The maximum Gasteiger partial charge on any atom is 1.00 e. The van der Waals surface area contributed by atoms with E-state index >= 15 is 0 Å². The zero-order valence-electron chi connectivity index (χ0n) is 9.49. The minimum Gasteiger partial charge on any atom is -0.449 e. The molecule has 0 bridgehead atoms. The van der Waals surface area contributed by atoms with Crippen molar-refractivity contribution in [2.45, 2.75) is 13.2 Å². The van der Waals surface area contributed by atoms with Gasteiger partial charge in [-0.1, -0.05) is 23.1 Å². The van der Waals surface area contributed by atoms with E-state index in [9.17, 15) is 12.9 Å². The zero-order chi connectivity index (χ0) is 12.3. The van der Waals surface area contributed by atoms with Crippen LogP contribution in [0.4, 0.5) is 24.3 Å². The molecule has 0 aliphatic rings. The Hall–Kier alpha value is -0.179. The molecule has 0 fully saturated rings. The summed E-state index contributed by atoms with van der Waals surface area (Å²) in [6.45, 7) is -3.43. The van der Waals surface area contributed by atoms with Crippen molar-refractivity contribution in [2.75, 3.05) is 5.73 Å². The van der Waals surface area contributed by atoms with Gasteiger partial charge in [0.2, 0.25) is 0 Å². The number of anilines is 1. The summed E-state index contributed by atoms with van der Waals surface area (Å²) in [7, 11) is 0. The van der Waals surface area contributed by atoms with Crippen LogP contribution in [0.5, 0.6) is 0 Å². The fraction of sp³-hybridized carbons (Fsp3) is 0.250. The van der Waals surface area contributed by atoms with E-state index in [0.717, 1.165) is 0 Å². The van der Waals surface area contributed by atoms with Crippen molar-refractivity contribution in [3.05, 3.63) is 33.7 Å². The molecule has 0 atom stereocenters. The Kier molecular flexibility index (Phi) is 6.60. The normalized spacial score (nSPS) is 10.4. The standard InChI is InChI=1S/C8H9BF3N4.K/c1-5-6(4-9(10,11)12)2-7(15-16-14)3-8(5)13;/h2-3H,4,13H2,1H3;/q-1;+1. The summed E-state index contributed by atoms with van der Waals surface area (Å²) in [6, 6.07) is 2.56. The van der Waals surface area contributed by atoms with Gasteiger partial charge in [0.25, 0.3) is 0 Å². The maximum atomic E-state index is 12.3. The number of halogens is 3. The number of nitrogen functional groups attached to an aromatic ring is 1. The number of nitrogens with two attached hydrogens (primary N) is 1. The van der Waals surface area contributed by atoms with Crippen molar-refractivity contribution >= 4 is 18.4 Å². The van der Waals surface area contributed by atoms with E-state index in [0.29, 0.717) is 5.56 Å². The van der Waals surface area contributed by atoms with E-state index < -0.39 is 13.3 Å². The van der Waals surface area contributed by atoms with E-state index in [1.54, 1.807) is 0 Å². The minimum atomic E-state index is -4.93. The van der Waals surface area contributed by atoms with Crippen molar-refractivity contribution < 1.29 is 64.3 Å². The largest absolute Gasteiger partial charge is 1.00 e. The van der Waals surface area contributed by atoms with Crippen LogP contribution in [0.2, 0.25) is 0 Å². The molecule has 0 aliphatic carbocycles.